The van der Waals surface area contributed by atoms with Gasteiger partial charge in [-0.15, -0.1) is 0 Å². The predicted molar refractivity (Wildman–Crippen MR) is 77.3 cm³/mol. The van der Waals surface area contributed by atoms with E-state index < -0.39 is 0 Å². The molecule has 0 radical (unpaired) electrons. The lowest BCUT2D eigenvalue weighted by Gasteiger charge is -2.08. The molecule has 2 aromatic rings. The van der Waals surface area contributed by atoms with Crippen LogP contribution in [0.5, 0.6) is 5.88 Å². The largest absolute Gasteiger partial charge is 0.473 e. The Morgan fingerprint density at radius 2 is 2.00 bits per heavy atom. The Bertz CT molecular complexity index is 553. The van der Waals surface area contributed by atoms with Gasteiger partial charge in [-0.3, -0.25) is 0 Å². The van der Waals surface area contributed by atoms with E-state index in [1.54, 1.807) is 0 Å². The minimum Gasteiger partial charge on any atom is -0.473 e. The lowest BCUT2D eigenvalue weighted by molar-refractivity contribution is 0.345. The molecule has 0 fully saturated rings. The molecule has 2 rings (SSSR count). The standard InChI is InChI=1S/C15H17N3O/c1-12-14(16-2)17-11-18-15(12)19-10-6-9-13-7-4-3-5-8-13/h3-9,11H,10H2,1-2H3,(H,16,17,18)/b9-6+. The van der Waals surface area contributed by atoms with Gasteiger partial charge in [0, 0.05) is 7.05 Å². The van der Waals surface area contributed by atoms with Crippen molar-refractivity contribution in [2.45, 2.75) is 6.92 Å². The molecular formula is C15H17N3O. The van der Waals surface area contributed by atoms with Crippen molar-refractivity contribution in [2.24, 2.45) is 0 Å². The Morgan fingerprint density at radius 3 is 2.74 bits per heavy atom. The van der Waals surface area contributed by atoms with Crippen molar-refractivity contribution in [1.29, 1.82) is 0 Å². The monoisotopic (exact) mass is 255 g/mol. The van der Waals surface area contributed by atoms with Crippen LogP contribution in [0, 0.1) is 6.92 Å². The van der Waals surface area contributed by atoms with Gasteiger partial charge < -0.3 is 10.1 Å². The first-order valence-electron chi connectivity index (χ1n) is 6.15. The highest BCUT2D eigenvalue weighted by Crippen LogP contribution is 2.19. The number of anilines is 1. The Kier molecular flexibility index (Phi) is 4.50. The molecule has 1 aromatic carbocycles. The average Bonchev–Trinajstić information content (AvgIpc) is 2.46. The molecule has 0 amide bonds. The van der Waals surface area contributed by atoms with Crippen LogP contribution in [0.15, 0.2) is 42.7 Å². The van der Waals surface area contributed by atoms with E-state index in [4.69, 9.17) is 4.74 Å². The summed E-state index contributed by atoms with van der Waals surface area (Å²) >= 11 is 0. The summed E-state index contributed by atoms with van der Waals surface area (Å²) in [4.78, 5) is 8.24. The second kappa shape index (κ2) is 6.54. The molecule has 1 N–H and O–H groups in total. The van der Waals surface area contributed by atoms with E-state index in [9.17, 15) is 0 Å². The van der Waals surface area contributed by atoms with E-state index >= 15 is 0 Å². The van der Waals surface area contributed by atoms with Gasteiger partial charge in [0.2, 0.25) is 5.88 Å². The molecule has 0 saturated carbocycles. The SMILES string of the molecule is CNc1ncnc(OC/C=C/c2ccccc2)c1C. The topological polar surface area (TPSA) is 47.0 Å². The Hall–Kier alpha value is -2.36. The molecule has 1 aromatic heterocycles. The van der Waals surface area contributed by atoms with Gasteiger partial charge in [-0.2, -0.15) is 0 Å². The van der Waals surface area contributed by atoms with Crippen molar-refractivity contribution in [3.05, 3.63) is 53.9 Å². The van der Waals surface area contributed by atoms with Crippen LogP contribution < -0.4 is 10.1 Å². The molecule has 0 unspecified atom stereocenters. The highest BCUT2D eigenvalue weighted by molar-refractivity contribution is 5.49. The van der Waals surface area contributed by atoms with Crippen molar-refractivity contribution in [3.63, 3.8) is 0 Å². The zero-order chi connectivity index (χ0) is 13.5. The summed E-state index contributed by atoms with van der Waals surface area (Å²) in [7, 11) is 1.83. The lowest BCUT2D eigenvalue weighted by atomic mass is 10.2. The highest BCUT2D eigenvalue weighted by atomic mass is 16.5. The minimum absolute atomic E-state index is 0.482. The molecule has 0 aliphatic heterocycles. The maximum Gasteiger partial charge on any atom is 0.221 e. The fourth-order valence-electron chi connectivity index (χ4n) is 1.71. The van der Waals surface area contributed by atoms with Crippen LogP contribution in [-0.4, -0.2) is 23.6 Å². The van der Waals surface area contributed by atoms with Crippen LogP contribution in [0.4, 0.5) is 5.82 Å². The molecule has 0 atom stereocenters. The quantitative estimate of drug-likeness (QED) is 0.892. The number of benzene rings is 1. The van der Waals surface area contributed by atoms with Crippen LogP contribution in [0.1, 0.15) is 11.1 Å². The molecule has 4 heteroatoms. The Balaban J connectivity index is 1.95. The summed E-state index contributed by atoms with van der Waals surface area (Å²) in [6, 6.07) is 10.1. The zero-order valence-corrected chi connectivity index (χ0v) is 11.1. The van der Waals surface area contributed by atoms with E-state index in [-0.39, 0.29) is 0 Å². The van der Waals surface area contributed by atoms with E-state index in [1.807, 2.05) is 56.5 Å². The van der Waals surface area contributed by atoms with E-state index in [2.05, 4.69) is 15.3 Å². The van der Waals surface area contributed by atoms with Gasteiger partial charge in [0.1, 0.15) is 18.8 Å². The number of ether oxygens (including phenoxy) is 1. The van der Waals surface area contributed by atoms with Crippen LogP contribution in [0.25, 0.3) is 6.08 Å². The van der Waals surface area contributed by atoms with Crippen LogP contribution >= 0.6 is 0 Å². The van der Waals surface area contributed by atoms with Crippen molar-refractivity contribution in [1.82, 2.24) is 9.97 Å². The van der Waals surface area contributed by atoms with Gasteiger partial charge in [-0.25, -0.2) is 9.97 Å². The van der Waals surface area contributed by atoms with Gasteiger partial charge in [0.15, 0.2) is 0 Å². The fourth-order valence-corrected chi connectivity index (χ4v) is 1.71. The number of nitrogens with one attached hydrogen (secondary N) is 1. The number of nitrogens with zero attached hydrogens (tertiary/aromatic N) is 2. The third-order valence-electron chi connectivity index (χ3n) is 2.70. The average molecular weight is 255 g/mol. The Morgan fingerprint density at radius 1 is 1.21 bits per heavy atom. The predicted octanol–water partition coefficient (Wildman–Crippen LogP) is 2.92. The number of aromatic nitrogens is 2. The first-order valence-corrected chi connectivity index (χ1v) is 6.15. The molecule has 0 bridgehead atoms. The van der Waals surface area contributed by atoms with E-state index in [0.717, 1.165) is 16.9 Å². The van der Waals surface area contributed by atoms with Gasteiger partial charge in [-0.1, -0.05) is 36.4 Å². The second-order valence-electron chi connectivity index (χ2n) is 4.03. The molecule has 19 heavy (non-hydrogen) atoms. The fraction of sp³-hybridized carbons (Fsp3) is 0.200. The molecule has 98 valence electrons. The third kappa shape index (κ3) is 3.55. The molecule has 1 heterocycles. The normalized spacial score (nSPS) is 10.6. The van der Waals surface area contributed by atoms with Crippen molar-refractivity contribution < 1.29 is 4.74 Å². The molecule has 0 aliphatic rings. The van der Waals surface area contributed by atoms with Crippen molar-refractivity contribution >= 4 is 11.9 Å². The first kappa shape index (κ1) is 13.1. The number of rotatable bonds is 5. The summed E-state index contributed by atoms with van der Waals surface area (Å²) in [5.74, 6) is 1.40. The van der Waals surface area contributed by atoms with Crippen LogP contribution in [0.2, 0.25) is 0 Å². The summed E-state index contributed by atoms with van der Waals surface area (Å²) in [6.07, 6.45) is 5.49. The summed E-state index contributed by atoms with van der Waals surface area (Å²) < 4.78 is 5.62. The van der Waals surface area contributed by atoms with Gasteiger partial charge in [-0.05, 0) is 18.6 Å². The Labute approximate surface area is 113 Å². The zero-order valence-electron chi connectivity index (χ0n) is 11.1. The number of hydrogen-bond acceptors (Lipinski definition) is 4. The van der Waals surface area contributed by atoms with Gasteiger partial charge in [0.25, 0.3) is 0 Å². The van der Waals surface area contributed by atoms with Gasteiger partial charge >= 0.3 is 0 Å². The van der Waals surface area contributed by atoms with Crippen molar-refractivity contribution in [2.75, 3.05) is 19.0 Å². The maximum absolute atomic E-state index is 5.62. The molecular weight excluding hydrogens is 238 g/mol. The molecule has 0 aliphatic carbocycles. The highest BCUT2D eigenvalue weighted by Gasteiger charge is 2.05. The van der Waals surface area contributed by atoms with E-state index in [1.165, 1.54) is 6.33 Å². The molecule has 0 saturated heterocycles. The number of hydrogen-bond donors (Lipinski definition) is 1. The van der Waals surface area contributed by atoms with Crippen LogP contribution in [-0.2, 0) is 0 Å². The summed E-state index contributed by atoms with van der Waals surface area (Å²) in [6.45, 7) is 2.41. The van der Waals surface area contributed by atoms with Crippen molar-refractivity contribution in [3.8, 4) is 5.88 Å². The first-order chi connectivity index (χ1) is 9.31. The summed E-state index contributed by atoms with van der Waals surface area (Å²) in [5.41, 5.74) is 2.07. The van der Waals surface area contributed by atoms with Crippen LogP contribution in [0.3, 0.4) is 0 Å². The summed E-state index contributed by atoms with van der Waals surface area (Å²) in [5, 5.41) is 3.00. The van der Waals surface area contributed by atoms with Gasteiger partial charge in [0.05, 0.1) is 5.56 Å². The molecule has 0 spiro atoms. The van der Waals surface area contributed by atoms with E-state index in [0.29, 0.717) is 12.5 Å². The minimum atomic E-state index is 0.482. The lowest BCUT2D eigenvalue weighted by Crippen LogP contribution is -2.02. The third-order valence-corrected chi connectivity index (χ3v) is 2.70. The smallest absolute Gasteiger partial charge is 0.221 e. The molecule has 4 nitrogen and oxygen atoms in total. The second-order valence-corrected chi connectivity index (χ2v) is 4.03. The maximum atomic E-state index is 5.62.